The topological polar surface area (TPSA) is 86.6 Å². The summed E-state index contributed by atoms with van der Waals surface area (Å²) in [5.74, 6) is -2.43. The van der Waals surface area contributed by atoms with Crippen molar-refractivity contribution in [2.45, 2.75) is 12.5 Å². The molecule has 0 radical (unpaired) electrons. The Bertz CT molecular complexity index is 533. The molecule has 1 amide bonds. The molecule has 0 fully saturated rings. The number of carboxylic acid groups (broad SMARTS) is 1. The second-order valence-corrected chi connectivity index (χ2v) is 4.33. The van der Waals surface area contributed by atoms with Gasteiger partial charge < -0.3 is 15.5 Å². The first-order valence-corrected chi connectivity index (χ1v) is 6.09. The molecule has 108 valence electrons. The van der Waals surface area contributed by atoms with Crippen molar-refractivity contribution in [1.82, 2.24) is 5.32 Å². The molecule has 1 rings (SSSR count). The lowest BCUT2D eigenvalue weighted by Gasteiger charge is -2.11. The number of aliphatic hydroxyl groups excluding tert-OH is 1. The molecule has 0 saturated carbocycles. The van der Waals surface area contributed by atoms with Crippen molar-refractivity contribution in [3.63, 3.8) is 0 Å². The highest BCUT2D eigenvalue weighted by Gasteiger charge is 2.17. The zero-order valence-corrected chi connectivity index (χ0v) is 11.1. The van der Waals surface area contributed by atoms with Gasteiger partial charge in [0.25, 0.3) is 0 Å². The summed E-state index contributed by atoms with van der Waals surface area (Å²) in [7, 11) is 0. The maximum absolute atomic E-state index is 12.9. The normalized spacial score (nSPS) is 12.3. The molecule has 0 heterocycles. The smallest absolute Gasteiger partial charge is 0.326 e. The number of hydrogen-bond acceptors (Lipinski definition) is 3. The van der Waals surface area contributed by atoms with Crippen LogP contribution in [0.2, 0.25) is 5.02 Å². The Morgan fingerprint density at radius 1 is 1.45 bits per heavy atom. The first kappa shape index (κ1) is 16.1. The molecule has 1 atom stereocenters. The van der Waals surface area contributed by atoms with Crippen LogP contribution in [0.1, 0.15) is 12.0 Å². The van der Waals surface area contributed by atoms with Gasteiger partial charge in [-0.2, -0.15) is 0 Å². The van der Waals surface area contributed by atoms with E-state index in [-0.39, 0.29) is 18.1 Å². The van der Waals surface area contributed by atoms with Gasteiger partial charge in [-0.05, 0) is 23.8 Å². The van der Waals surface area contributed by atoms with Crippen LogP contribution in [0.15, 0.2) is 24.3 Å². The average molecular weight is 302 g/mol. The van der Waals surface area contributed by atoms with Crippen molar-refractivity contribution in [2.75, 3.05) is 6.61 Å². The predicted molar refractivity (Wildman–Crippen MR) is 71.7 cm³/mol. The number of carbonyl (C=O) groups is 2. The molecule has 0 unspecified atom stereocenters. The van der Waals surface area contributed by atoms with E-state index in [4.69, 9.17) is 21.8 Å². The van der Waals surface area contributed by atoms with Crippen LogP contribution in [0, 0.1) is 5.82 Å². The number of halogens is 2. The Labute approximate surface area is 119 Å². The molecule has 0 aromatic heterocycles. The SMILES string of the molecule is O=C(/C=C/c1ccc(F)c(Cl)c1)N[C@H](CCO)C(=O)O. The maximum atomic E-state index is 12.9. The van der Waals surface area contributed by atoms with E-state index in [0.717, 1.165) is 12.1 Å². The Kier molecular flexibility index (Phi) is 6.14. The van der Waals surface area contributed by atoms with Crippen molar-refractivity contribution in [3.8, 4) is 0 Å². The summed E-state index contributed by atoms with van der Waals surface area (Å²) in [4.78, 5) is 22.3. The lowest BCUT2D eigenvalue weighted by Crippen LogP contribution is -2.40. The highest BCUT2D eigenvalue weighted by Crippen LogP contribution is 2.16. The highest BCUT2D eigenvalue weighted by molar-refractivity contribution is 6.30. The van der Waals surface area contributed by atoms with E-state index in [2.05, 4.69) is 5.32 Å². The van der Waals surface area contributed by atoms with Crippen molar-refractivity contribution in [3.05, 3.63) is 40.7 Å². The fourth-order valence-electron chi connectivity index (χ4n) is 1.39. The Morgan fingerprint density at radius 2 is 2.15 bits per heavy atom. The Hall–Kier alpha value is -1.92. The number of amides is 1. The highest BCUT2D eigenvalue weighted by atomic mass is 35.5. The molecule has 0 aliphatic rings. The van der Waals surface area contributed by atoms with E-state index < -0.39 is 23.7 Å². The van der Waals surface area contributed by atoms with Crippen LogP contribution < -0.4 is 5.32 Å². The minimum atomic E-state index is -1.23. The minimum absolute atomic E-state index is 0.0729. The van der Waals surface area contributed by atoms with Gasteiger partial charge in [0.15, 0.2) is 0 Å². The van der Waals surface area contributed by atoms with Crippen LogP contribution in [-0.4, -0.2) is 34.7 Å². The summed E-state index contributed by atoms with van der Waals surface area (Å²) in [5, 5.41) is 19.6. The zero-order chi connectivity index (χ0) is 15.1. The van der Waals surface area contributed by atoms with Crippen LogP contribution in [0.4, 0.5) is 4.39 Å². The number of carbonyl (C=O) groups excluding carboxylic acids is 1. The minimum Gasteiger partial charge on any atom is -0.480 e. The van der Waals surface area contributed by atoms with Gasteiger partial charge in [0, 0.05) is 19.1 Å². The summed E-state index contributed by atoms with van der Waals surface area (Å²) < 4.78 is 12.9. The fourth-order valence-corrected chi connectivity index (χ4v) is 1.58. The zero-order valence-electron chi connectivity index (χ0n) is 10.3. The monoisotopic (exact) mass is 301 g/mol. The fraction of sp³-hybridized carbons (Fsp3) is 0.231. The third kappa shape index (κ3) is 4.99. The molecule has 0 aliphatic heterocycles. The number of benzene rings is 1. The first-order chi connectivity index (χ1) is 9.43. The molecular formula is C13H13ClFNO4. The van der Waals surface area contributed by atoms with E-state index in [0.29, 0.717) is 5.56 Å². The third-order valence-electron chi connectivity index (χ3n) is 2.40. The van der Waals surface area contributed by atoms with E-state index in [1.54, 1.807) is 0 Å². The van der Waals surface area contributed by atoms with E-state index >= 15 is 0 Å². The summed E-state index contributed by atoms with van der Waals surface area (Å²) in [6, 6.07) is 2.76. The summed E-state index contributed by atoms with van der Waals surface area (Å²) in [6.45, 7) is -0.353. The van der Waals surface area contributed by atoms with Crippen LogP contribution in [0.5, 0.6) is 0 Å². The summed E-state index contributed by atoms with van der Waals surface area (Å²) >= 11 is 5.58. The van der Waals surface area contributed by atoms with Crippen molar-refractivity contribution < 1.29 is 24.2 Å². The predicted octanol–water partition coefficient (Wildman–Crippen LogP) is 1.44. The molecule has 1 aromatic carbocycles. The summed E-state index contributed by atoms with van der Waals surface area (Å²) in [6.07, 6.45) is 2.40. The number of rotatable bonds is 6. The maximum Gasteiger partial charge on any atom is 0.326 e. The molecule has 3 N–H and O–H groups in total. The Balaban J connectivity index is 2.67. The number of aliphatic carboxylic acids is 1. The molecule has 7 heteroatoms. The van der Waals surface area contributed by atoms with E-state index in [1.807, 2.05) is 0 Å². The first-order valence-electron chi connectivity index (χ1n) is 5.71. The van der Waals surface area contributed by atoms with Crippen LogP contribution in [0.3, 0.4) is 0 Å². The van der Waals surface area contributed by atoms with Gasteiger partial charge in [-0.15, -0.1) is 0 Å². The Morgan fingerprint density at radius 3 is 2.70 bits per heavy atom. The molecule has 20 heavy (non-hydrogen) atoms. The lowest BCUT2D eigenvalue weighted by molar-refractivity contribution is -0.141. The van der Waals surface area contributed by atoms with Crippen molar-refractivity contribution >= 4 is 29.6 Å². The van der Waals surface area contributed by atoms with E-state index in [1.165, 1.54) is 18.2 Å². The molecule has 5 nitrogen and oxygen atoms in total. The van der Waals surface area contributed by atoms with Gasteiger partial charge >= 0.3 is 5.97 Å². The van der Waals surface area contributed by atoms with Gasteiger partial charge in [0.05, 0.1) is 5.02 Å². The second kappa shape index (κ2) is 7.62. The number of carboxylic acids is 1. The van der Waals surface area contributed by atoms with Crippen LogP contribution in [-0.2, 0) is 9.59 Å². The van der Waals surface area contributed by atoms with Gasteiger partial charge in [-0.25, -0.2) is 9.18 Å². The van der Waals surface area contributed by atoms with Gasteiger partial charge in [0.1, 0.15) is 11.9 Å². The number of nitrogens with one attached hydrogen (secondary N) is 1. The van der Waals surface area contributed by atoms with Gasteiger partial charge in [0.2, 0.25) is 5.91 Å². The van der Waals surface area contributed by atoms with Crippen LogP contribution >= 0.6 is 11.6 Å². The van der Waals surface area contributed by atoms with Crippen molar-refractivity contribution in [1.29, 1.82) is 0 Å². The van der Waals surface area contributed by atoms with Gasteiger partial charge in [-0.1, -0.05) is 17.7 Å². The second-order valence-electron chi connectivity index (χ2n) is 3.92. The molecular weight excluding hydrogens is 289 g/mol. The third-order valence-corrected chi connectivity index (χ3v) is 2.69. The molecule has 0 saturated heterocycles. The largest absolute Gasteiger partial charge is 0.480 e. The quantitative estimate of drug-likeness (QED) is 0.694. The van der Waals surface area contributed by atoms with E-state index in [9.17, 15) is 14.0 Å². The number of aliphatic hydroxyl groups is 1. The van der Waals surface area contributed by atoms with Crippen LogP contribution in [0.25, 0.3) is 6.08 Å². The number of hydrogen-bond donors (Lipinski definition) is 3. The molecule has 0 bridgehead atoms. The molecule has 0 spiro atoms. The standard InChI is InChI=1S/C13H13ClFNO4/c14-9-7-8(1-3-10(9)15)2-4-12(18)16-11(5-6-17)13(19)20/h1-4,7,11,17H,5-6H2,(H,16,18)(H,19,20)/b4-2+/t11-/m1/s1. The van der Waals surface area contributed by atoms with Gasteiger partial charge in [-0.3, -0.25) is 4.79 Å². The molecule has 0 aliphatic carbocycles. The van der Waals surface area contributed by atoms with Crippen molar-refractivity contribution in [2.24, 2.45) is 0 Å². The molecule has 1 aromatic rings. The average Bonchev–Trinajstić information content (AvgIpc) is 2.39. The summed E-state index contributed by atoms with van der Waals surface area (Å²) in [5.41, 5.74) is 0.501. The lowest BCUT2D eigenvalue weighted by atomic mass is 10.2.